The average Bonchev–Trinajstić information content (AvgIpc) is 0.768. The maximum atomic E-state index is 5.75. The van der Waals surface area contributed by atoms with Gasteiger partial charge in [-0.3, -0.25) is 4.90 Å². The van der Waals surface area contributed by atoms with Crippen molar-refractivity contribution in [3.05, 3.63) is 0 Å². The normalized spacial score (nSPS) is 22.7. The van der Waals surface area contributed by atoms with Crippen molar-refractivity contribution in [1.29, 1.82) is 0 Å². The SMILES string of the molecule is CCCCN(c1nc(NCCN(CCNc2nc(N(CCCC)C3CC(C)(C)NC(C)(C)C3)nc(N(CCCC)C3CC(C)(C)NC(C)(C)C3)n2)CCNc2nc(N(CCCC)C3CC(C)(C)NC(C)(C)C3)nc(N(CCCC)C3CC(C)(C)NC(C)(C)C3)n2)nc(N(CCCC)C2CC(C)(C)CC(C)(C)C2)n1)C1CC(C)(C)CC(C)(C)C1. The fourth-order valence-electron chi connectivity index (χ4n) is 24.0. The lowest BCUT2D eigenvalue weighted by molar-refractivity contribution is 0.0943. The van der Waals surface area contributed by atoms with Gasteiger partial charge in [0.05, 0.1) is 0 Å². The van der Waals surface area contributed by atoms with E-state index >= 15 is 0 Å². The Morgan fingerprint density at radius 1 is 0.237 bits per heavy atom. The van der Waals surface area contributed by atoms with Crippen molar-refractivity contribution in [2.24, 2.45) is 21.7 Å². The van der Waals surface area contributed by atoms with Gasteiger partial charge < -0.3 is 66.6 Å². The van der Waals surface area contributed by atoms with Crippen molar-refractivity contribution in [2.75, 3.05) is 124 Å². The highest BCUT2D eigenvalue weighted by Crippen LogP contribution is 2.50. The highest BCUT2D eigenvalue weighted by molar-refractivity contribution is 5.51. The third-order valence-electron chi connectivity index (χ3n) is 26.4. The van der Waals surface area contributed by atoms with E-state index in [9.17, 15) is 0 Å². The molecule has 2 saturated carbocycles. The number of nitrogens with zero attached hydrogens (tertiary/aromatic N) is 16. The molecule has 3 aromatic heterocycles. The van der Waals surface area contributed by atoms with Crippen LogP contribution in [-0.2, 0) is 0 Å². The second-order valence-electron chi connectivity index (χ2n) is 46.6. The van der Waals surface area contributed by atoms with Crippen LogP contribution in [0.1, 0.15) is 375 Å². The van der Waals surface area contributed by atoms with Gasteiger partial charge in [0.2, 0.25) is 53.5 Å². The Morgan fingerprint density at radius 3 is 0.559 bits per heavy atom. The fraction of sp³-hybridized carbons (Fsp3) is 0.905. The Morgan fingerprint density at radius 2 is 0.398 bits per heavy atom. The summed E-state index contributed by atoms with van der Waals surface area (Å²) >= 11 is 0. The fourth-order valence-corrected chi connectivity index (χ4v) is 24.0. The molecule has 6 fully saturated rings. The van der Waals surface area contributed by atoms with Gasteiger partial charge in [0, 0.05) is 159 Å². The van der Waals surface area contributed by atoms with Crippen molar-refractivity contribution >= 4 is 53.5 Å². The van der Waals surface area contributed by atoms with Gasteiger partial charge in [0.15, 0.2) is 0 Å². The molecule has 2 aliphatic carbocycles. The zero-order valence-electron chi connectivity index (χ0n) is 81.5. The summed E-state index contributed by atoms with van der Waals surface area (Å²) in [5.74, 6) is 6.66. The molecular formula is C95H179N23. The molecular weight excluding hydrogens is 1460 g/mol. The first-order chi connectivity index (χ1) is 54.9. The molecule has 6 aliphatic rings. The zero-order chi connectivity index (χ0) is 86.9. The third kappa shape index (κ3) is 28.5. The predicted molar refractivity (Wildman–Crippen MR) is 503 cm³/mol. The Labute approximate surface area is 721 Å². The molecule has 0 bridgehead atoms. The Balaban J connectivity index is 1.15. The largest absolute Gasteiger partial charge is 0.353 e. The van der Waals surface area contributed by atoms with E-state index < -0.39 is 0 Å². The topological polar surface area (TPSA) is 223 Å². The van der Waals surface area contributed by atoms with Crippen LogP contribution < -0.4 is 66.6 Å². The summed E-state index contributed by atoms with van der Waals surface area (Å²) in [5, 5.41) is 27.9. The number of hydrogen-bond acceptors (Lipinski definition) is 23. The van der Waals surface area contributed by atoms with Crippen LogP contribution in [0, 0.1) is 21.7 Å². The minimum absolute atomic E-state index is 0.0757. The number of nitrogens with one attached hydrogen (secondary N) is 7. The van der Waals surface area contributed by atoms with Crippen LogP contribution in [0.4, 0.5) is 53.5 Å². The summed E-state index contributed by atoms with van der Waals surface area (Å²) < 4.78 is 0. The minimum atomic E-state index is -0.0757. The second kappa shape index (κ2) is 39.5. The van der Waals surface area contributed by atoms with Crippen LogP contribution in [0.3, 0.4) is 0 Å². The van der Waals surface area contributed by atoms with Crippen LogP contribution in [-0.4, -0.2) is 209 Å². The molecule has 3 aromatic rings. The monoisotopic (exact) mass is 1640 g/mol. The summed E-state index contributed by atoms with van der Waals surface area (Å²) in [7, 11) is 0. The zero-order valence-corrected chi connectivity index (χ0v) is 81.5. The molecule has 9 rings (SSSR count). The van der Waals surface area contributed by atoms with E-state index in [1.54, 1.807) is 0 Å². The Bertz CT molecular complexity index is 2930. The van der Waals surface area contributed by atoms with E-state index in [4.69, 9.17) is 44.9 Å². The summed E-state index contributed by atoms with van der Waals surface area (Å²) in [4.78, 5) is 69.0. The van der Waals surface area contributed by atoms with Gasteiger partial charge in [-0.05, 0) is 261 Å². The average molecular weight is 1640 g/mol. The highest BCUT2D eigenvalue weighted by Gasteiger charge is 2.49. The lowest BCUT2D eigenvalue weighted by atomic mass is 9.63. The molecule has 674 valence electrons. The van der Waals surface area contributed by atoms with Gasteiger partial charge in [-0.15, -0.1) is 0 Å². The first kappa shape index (κ1) is 96.8. The van der Waals surface area contributed by atoms with Crippen LogP contribution in [0.15, 0.2) is 0 Å². The lowest BCUT2D eigenvalue weighted by Gasteiger charge is -2.50. The highest BCUT2D eigenvalue weighted by atomic mass is 15.4. The van der Waals surface area contributed by atoms with Crippen LogP contribution in [0.25, 0.3) is 0 Å². The van der Waals surface area contributed by atoms with Gasteiger partial charge in [0.25, 0.3) is 0 Å². The van der Waals surface area contributed by atoms with Gasteiger partial charge >= 0.3 is 0 Å². The maximum absolute atomic E-state index is 5.75. The molecule has 4 aliphatic heterocycles. The number of anilines is 9. The summed E-state index contributed by atoms with van der Waals surface area (Å²) in [5.41, 5.74) is 0.103. The third-order valence-corrected chi connectivity index (χ3v) is 26.4. The predicted octanol–water partition coefficient (Wildman–Crippen LogP) is 19.3. The number of aromatic nitrogens is 9. The van der Waals surface area contributed by atoms with E-state index in [-0.39, 0.29) is 90.1 Å². The van der Waals surface area contributed by atoms with Crippen LogP contribution >= 0.6 is 0 Å². The van der Waals surface area contributed by atoms with Crippen molar-refractivity contribution in [2.45, 2.75) is 455 Å². The number of unbranched alkanes of at least 4 members (excludes halogenated alkanes) is 6. The van der Waals surface area contributed by atoms with Gasteiger partial charge in [-0.2, -0.15) is 44.9 Å². The standard InChI is InChI=1S/C95H179N23/c1-31-37-46-113(69-55-84(7,8)67-85(9,10)56-69)78-99-75(100-79(105-78)114(47-38-32-2)70-57-86(11,12)68-87(13,14)58-70)96-43-52-112(53-44-97-76-101-80(115(48-39-33-3)71-59-88(15,16)108-89(17,18)60-71)106-81(102-76)116(49-40-34-4)72-61-90(19,20)109-91(21,22)62-72)54-45-98-77-103-82(117(50-41-35-5)73-63-92(23,24)110-93(25,26)64-73)107-83(104-77)118(51-42-36-6)74-65-94(27,28)111-95(29,30)66-74/h69-74,108-111H,31-68H2,1-30H3,(H,96,99,100,105)(H,97,101,102,106)(H,98,103,104,107). The van der Waals surface area contributed by atoms with E-state index in [1.165, 1.54) is 12.8 Å². The van der Waals surface area contributed by atoms with Crippen molar-refractivity contribution in [3.63, 3.8) is 0 Å². The summed E-state index contributed by atoms with van der Waals surface area (Å²) in [6.07, 6.45) is 27.5. The van der Waals surface area contributed by atoms with Crippen LogP contribution in [0.2, 0.25) is 0 Å². The molecule has 0 amide bonds. The molecule has 118 heavy (non-hydrogen) atoms. The maximum Gasteiger partial charge on any atom is 0.232 e. The second-order valence-corrected chi connectivity index (χ2v) is 46.6. The molecule has 0 aromatic carbocycles. The summed E-state index contributed by atoms with van der Waals surface area (Å²) in [6, 6.07) is 1.52. The molecule has 0 atom stereocenters. The molecule has 7 heterocycles. The Hall–Kier alpha value is -4.97. The Kier molecular flexibility index (Phi) is 32.4. The minimum Gasteiger partial charge on any atom is -0.353 e. The number of piperidine rings is 4. The van der Waals surface area contributed by atoms with Gasteiger partial charge in [-0.25, -0.2) is 0 Å². The van der Waals surface area contributed by atoms with Crippen molar-refractivity contribution in [3.8, 4) is 0 Å². The van der Waals surface area contributed by atoms with E-state index in [0.29, 0.717) is 69.2 Å². The van der Waals surface area contributed by atoms with Crippen molar-refractivity contribution in [1.82, 2.24) is 71.0 Å². The van der Waals surface area contributed by atoms with Crippen molar-refractivity contribution < 1.29 is 0 Å². The molecule has 7 N–H and O–H groups in total. The van der Waals surface area contributed by atoms with Gasteiger partial charge in [0.1, 0.15) is 0 Å². The lowest BCUT2D eigenvalue weighted by Crippen LogP contribution is -2.63. The molecule has 23 heteroatoms. The molecule has 4 saturated heterocycles. The number of rotatable bonds is 42. The molecule has 0 unspecified atom stereocenters. The van der Waals surface area contributed by atoms with E-state index in [1.807, 2.05) is 0 Å². The first-order valence-corrected chi connectivity index (χ1v) is 47.9. The summed E-state index contributed by atoms with van der Waals surface area (Å²) in [6.45, 7) is 80.8. The van der Waals surface area contributed by atoms with E-state index in [0.717, 1.165) is 229 Å². The quantitative estimate of drug-likeness (QED) is 0.0280. The molecule has 0 radical (unpaired) electrons. The number of hydrogen-bond donors (Lipinski definition) is 7. The molecule has 0 spiro atoms. The first-order valence-electron chi connectivity index (χ1n) is 47.9. The van der Waals surface area contributed by atoms with E-state index in [2.05, 4.69) is 279 Å². The van der Waals surface area contributed by atoms with Gasteiger partial charge in [-0.1, -0.05) is 135 Å². The molecule has 23 nitrogen and oxygen atoms in total. The smallest absolute Gasteiger partial charge is 0.232 e. The van der Waals surface area contributed by atoms with Crippen LogP contribution in [0.5, 0.6) is 0 Å².